The number of imide groups is 1. The highest BCUT2D eigenvalue weighted by Gasteiger charge is 2.53. The summed E-state index contributed by atoms with van der Waals surface area (Å²) < 4.78 is 5.64. The maximum absolute atomic E-state index is 14.2. The summed E-state index contributed by atoms with van der Waals surface area (Å²) in [6.45, 7) is 3.11. The van der Waals surface area contributed by atoms with Gasteiger partial charge in [0.2, 0.25) is 0 Å². The van der Waals surface area contributed by atoms with Gasteiger partial charge >= 0.3 is 6.03 Å². The zero-order valence-corrected chi connectivity index (χ0v) is 22.2. The van der Waals surface area contributed by atoms with Crippen molar-refractivity contribution >= 4 is 34.4 Å². The number of aryl methyl sites for hydroxylation is 1. The van der Waals surface area contributed by atoms with Crippen molar-refractivity contribution in [1.29, 1.82) is 0 Å². The molecule has 2 saturated heterocycles. The van der Waals surface area contributed by atoms with E-state index >= 15 is 0 Å². The maximum Gasteiger partial charge on any atom is 0.332 e. The minimum atomic E-state index is -0.687. The van der Waals surface area contributed by atoms with Gasteiger partial charge in [0.1, 0.15) is 12.1 Å². The molecular formula is C32H30N4O4. The van der Waals surface area contributed by atoms with Crippen LogP contribution in [0.15, 0.2) is 72.8 Å². The first-order valence-electron chi connectivity index (χ1n) is 13.8. The number of nitrogens with one attached hydrogen (secondary N) is 2. The van der Waals surface area contributed by atoms with E-state index in [0.29, 0.717) is 25.3 Å². The first-order chi connectivity index (χ1) is 19.5. The first-order valence-corrected chi connectivity index (χ1v) is 13.8. The number of para-hydroxylation sites is 2. The summed E-state index contributed by atoms with van der Waals surface area (Å²) in [5.41, 5.74) is 5.58. The van der Waals surface area contributed by atoms with Crippen LogP contribution < -0.4 is 10.2 Å². The highest BCUT2D eigenvalue weighted by atomic mass is 16.5. The number of anilines is 1. The minimum Gasteiger partial charge on any atom is -0.376 e. The van der Waals surface area contributed by atoms with Gasteiger partial charge in [0, 0.05) is 36.2 Å². The summed E-state index contributed by atoms with van der Waals surface area (Å²) in [5, 5.41) is 3.99. The van der Waals surface area contributed by atoms with Gasteiger partial charge in [0.25, 0.3) is 11.8 Å². The Morgan fingerprint density at radius 1 is 1.02 bits per heavy atom. The van der Waals surface area contributed by atoms with Gasteiger partial charge in [-0.05, 0) is 49.1 Å². The second-order valence-corrected chi connectivity index (χ2v) is 10.8. The fraction of sp³-hybridized carbons (Fsp3) is 0.281. The topological polar surface area (TPSA) is 94.7 Å². The number of hydrogen-bond acceptors (Lipinski definition) is 4. The predicted molar refractivity (Wildman–Crippen MR) is 151 cm³/mol. The molecule has 0 bridgehead atoms. The SMILES string of the molecule is Cc1ccc([C@@H]2c3[nH]c4ccccc4c3C[C@H]3C(=O)N(c4ccccc4C(=O)NC[C@@H]4CCCO4)C(=O)N23)cc1. The lowest BCUT2D eigenvalue weighted by Gasteiger charge is -2.36. The van der Waals surface area contributed by atoms with Gasteiger partial charge in [-0.15, -0.1) is 0 Å². The molecule has 0 spiro atoms. The van der Waals surface area contributed by atoms with Crippen LogP contribution in [-0.4, -0.2) is 53.0 Å². The highest BCUT2D eigenvalue weighted by Crippen LogP contribution is 2.45. The van der Waals surface area contributed by atoms with E-state index in [-0.39, 0.29) is 23.5 Å². The van der Waals surface area contributed by atoms with E-state index in [1.54, 1.807) is 29.2 Å². The quantitative estimate of drug-likeness (QED) is 0.357. The normalized spacial score (nSPS) is 22.1. The molecule has 8 nitrogen and oxygen atoms in total. The molecule has 3 aliphatic heterocycles. The Bertz CT molecular complexity index is 1640. The molecule has 0 radical (unpaired) electrons. The van der Waals surface area contributed by atoms with Crippen LogP contribution in [0, 0.1) is 6.92 Å². The van der Waals surface area contributed by atoms with E-state index < -0.39 is 18.1 Å². The third-order valence-electron chi connectivity index (χ3n) is 8.35. The predicted octanol–water partition coefficient (Wildman–Crippen LogP) is 4.87. The van der Waals surface area contributed by atoms with E-state index in [9.17, 15) is 14.4 Å². The van der Waals surface area contributed by atoms with Crippen LogP contribution >= 0.6 is 0 Å². The second kappa shape index (κ2) is 9.64. The third kappa shape index (κ3) is 3.90. The van der Waals surface area contributed by atoms with Crippen LogP contribution in [0.25, 0.3) is 10.9 Å². The number of amides is 4. The number of aromatic nitrogens is 1. The number of hydrogen-bond donors (Lipinski definition) is 2. The summed E-state index contributed by atoms with van der Waals surface area (Å²) in [5.74, 6) is -0.653. The van der Waals surface area contributed by atoms with E-state index in [1.165, 1.54) is 4.90 Å². The molecule has 0 aliphatic carbocycles. The van der Waals surface area contributed by atoms with Crippen molar-refractivity contribution in [2.75, 3.05) is 18.1 Å². The van der Waals surface area contributed by atoms with Crippen molar-refractivity contribution in [2.45, 2.75) is 44.4 Å². The smallest absolute Gasteiger partial charge is 0.332 e. The molecule has 4 aromatic rings. The first kappa shape index (κ1) is 24.6. The summed E-state index contributed by atoms with van der Waals surface area (Å²) in [7, 11) is 0. The molecule has 8 heteroatoms. The maximum atomic E-state index is 14.2. The standard InChI is InChI=1S/C32H30N4O4/c1-19-12-14-20(15-13-19)29-28-24(22-8-2-4-10-25(22)34-28)17-27-31(38)36(32(39)35(27)29)26-11-5-3-9-23(26)30(37)33-18-21-7-6-16-40-21/h2-5,8-15,21,27,29,34H,6-7,16-18H2,1H3,(H,33,37)/t21-,27-,29+/m0/s1. The van der Waals surface area contributed by atoms with Crippen molar-refractivity contribution in [1.82, 2.24) is 15.2 Å². The number of H-pyrrole nitrogens is 1. The lowest BCUT2D eigenvalue weighted by Crippen LogP contribution is -2.44. The van der Waals surface area contributed by atoms with Crippen LogP contribution in [-0.2, 0) is 16.0 Å². The van der Waals surface area contributed by atoms with E-state index in [4.69, 9.17) is 4.74 Å². The number of carbonyl (C=O) groups excluding carboxylic acids is 3. The number of aromatic amines is 1. The summed E-state index contributed by atoms with van der Waals surface area (Å²) in [4.78, 5) is 48.0. The van der Waals surface area contributed by atoms with Gasteiger partial charge in [-0.25, -0.2) is 9.69 Å². The lowest BCUT2D eigenvalue weighted by molar-refractivity contribution is -0.120. The molecule has 202 valence electrons. The van der Waals surface area contributed by atoms with Crippen LogP contribution in [0.4, 0.5) is 10.5 Å². The molecule has 2 N–H and O–H groups in total. The zero-order chi connectivity index (χ0) is 27.4. The fourth-order valence-corrected chi connectivity index (χ4v) is 6.36. The van der Waals surface area contributed by atoms with Gasteiger partial charge in [-0.1, -0.05) is 60.2 Å². The van der Waals surface area contributed by atoms with E-state index in [0.717, 1.165) is 46.1 Å². The largest absolute Gasteiger partial charge is 0.376 e. The summed E-state index contributed by atoms with van der Waals surface area (Å²) >= 11 is 0. The van der Waals surface area contributed by atoms with Crippen LogP contribution in [0.5, 0.6) is 0 Å². The number of fused-ring (bicyclic) bond motifs is 4. The summed E-state index contributed by atoms with van der Waals surface area (Å²) in [6, 6.07) is 21.4. The van der Waals surface area contributed by atoms with Gasteiger partial charge in [-0.2, -0.15) is 0 Å². The highest BCUT2D eigenvalue weighted by molar-refractivity contribution is 6.24. The molecule has 3 atom stereocenters. The molecule has 0 unspecified atom stereocenters. The average molecular weight is 535 g/mol. The van der Waals surface area contributed by atoms with Crippen molar-refractivity contribution in [3.63, 3.8) is 0 Å². The Balaban J connectivity index is 1.29. The van der Waals surface area contributed by atoms with Crippen molar-refractivity contribution in [2.24, 2.45) is 0 Å². The van der Waals surface area contributed by atoms with Gasteiger partial charge in [-0.3, -0.25) is 14.5 Å². The van der Waals surface area contributed by atoms with Crippen molar-refractivity contribution in [3.8, 4) is 0 Å². The number of carbonyl (C=O) groups is 3. The molecule has 4 heterocycles. The van der Waals surface area contributed by atoms with E-state index in [2.05, 4.69) is 16.4 Å². The Morgan fingerprint density at radius 3 is 2.60 bits per heavy atom. The Labute approximate surface area is 231 Å². The van der Waals surface area contributed by atoms with Crippen LogP contribution in [0.1, 0.15) is 51.6 Å². The van der Waals surface area contributed by atoms with Crippen LogP contribution in [0.2, 0.25) is 0 Å². The Kier molecular flexibility index (Phi) is 5.93. The molecule has 0 saturated carbocycles. The zero-order valence-electron chi connectivity index (χ0n) is 22.2. The third-order valence-corrected chi connectivity index (χ3v) is 8.35. The monoisotopic (exact) mass is 534 g/mol. The van der Waals surface area contributed by atoms with Gasteiger partial charge < -0.3 is 15.0 Å². The molecule has 40 heavy (non-hydrogen) atoms. The lowest BCUT2D eigenvalue weighted by atomic mass is 9.88. The summed E-state index contributed by atoms with van der Waals surface area (Å²) in [6.07, 6.45) is 2.26. The second-order valence-electron chi connectivity index (χ2n) is 10.8. The van der Waals surface area contributed by atoms with Crippen molar-refractivity contribution in [3.05, 3.63) is 101 Å². The van der Waals surface area contributed by atoms with Crippen molar-refractivity contribution < 1.29 is 19.1 Å². The number of rotatable bonds is 5. The molecule has 4 amide bonds. The molecule has 3 aliphatic rings. The Morgan fingerprint density at radius 2 is 1.80 bits per heavy atom. The van der Waals surface area contributed by atoms with Gasteiger partial charge in [0.05, 0.1) is 17.4 Å². The van der Waals surface area contributed by atoms with E-state index in [1.807, 2.05) is 49.4 Å². The number of ether oxygens (including phenoxy) is 1. The molecule has 7 rings (SSSR count). The minimum absolute atomic E-state index is 0.0146. The Hall–Kier alpha value is -4.43. The molecule has 3 aromatic carbocycles. The molecule has 2 fully saturated rings. The van der Waals surface area contributed by atoms with Crippen LogP contribution in [0.3, 0.4) is 0 Å². The van der Waals surface area contributed by atoms with Gasteiger partial charge in [0.15, 0.2) is 0 Å². The molecule has 1 aromatic heterocycles. The fourth-order valence-electron chi connectivity index (χ4n) is 6.36. The molecular weight excluding hydrogens is 504 g/mol. The number of benzene rings is 3. The number of urea groups is 1. The number of nitrogens with zero attached hydrogens (tertiary/aromatic N) is 2. The average Bonchev–Trinajstić information content (AvgIpc) is 3.69.